The molecule has 0 radical (unpaired) electrons. The summed E-state index contributed by atoms with van der Waals surface area (Å²) in [5, 5.41) is 0.559. The predicted molar refractivity (Wildman–Crippen MR) is 53.8 cm³/mol. The number of aromatic nitrogens is 2. The topological polar surface area (TPSA) is 25.8 Å². The van der Waals surface area contributed by atoms with E-state index in [9.17, 15) is 0 Å². The first-order valence-corrected chi connectivity index (χ1v) is 4.86. The smallest absolute Gasteiger partial charge is 0.146 e. The van der Waals surface area contributed by atoms with Gasteiger partial charge in [-0.25, -0.2) is 9.97 Å². The van der Waals surface area contributed by atoms with E-state index in [1.165, 1.54) is 6.33 Å². The Kier molecular flexibility index (Phi) is 3.51. The molecule has 0 aliphatic carbocycles. The first kappa shape index (κ1) is 9.19. The molecule has 2 nitrogen and oxygen atoms in total. The molecule has 0 spiro atoms. The Hall–Kier alpha value is 0.100. The molecule has 0 aliphatic rings. The Morgan fingerprint density at radius 2 is 2.27 bits per heavy atom. The number of nitrogens with zero attached hydrogens (tertiary/aromatic N) is 2. The Morgan fingerprint density at radius 3 is 2.91 bits per heavy atom. The van der Waals surface area contributed by atoms with E-state index in [4.69, 9.17) is 11.6 Å². The van der Waals surface area contributed by atoms with Crippen LogP contribution in [0.1, 0.15) is 19.0 Å². The van der Waals surface area contributed by atoms with Crippen LogP contribution in [-0.4, -0.2) is 9.97 Å². The molecule has 60 valence electrons. The van der Waals surface area contributed by atoms with Crippen molar-refractivity contribution in [2.45, 2.75) is 19.8 Å². The van der Waals surface area contributed by atoms with Crippen LogP contribution in [0.25, 0.3) is 0 Å². The predicted octanol–water partition coefficient (Wildman–Crippen LogP) is 2.69. The summed E-state index contributed by atoms with van der Waals surface area (Å²) in [5.74, 6) is 0. The Bertz CT molecular complexity index is 252. The fourth-order valence-electron chi connectivity index (χ4n) is 0.793. The van der Waals surface area contributed by atoms with Crippen molar-refractivity contribution in [1.29, 1.82) is 0 Å². The van der Waals surface area contributed by atoms with Gasteiger partial charge in [0.2, 0.25) is 0 Å². The minimum atomic E-state index is 0.559. The molecule has 4 heteroatoms. The molecule has 1 aromatic rings. The first-order chi connectivity index (χ1) is 5.25. The molecule has 0 atom stereocenters. The fraction of sp³-hybridized carbons (Fsp3) is 0.429. The number of aryl methyl sites for hydroxylation is 1. The van der Waals surface area contributed by atoms with Gasteiger partial charge in [0, 0.05) is 0 Å². The van der Waals surface area contributed by atoms with E-state index in [2.05, 4.69) is 39.5 Å². The minimum Gasteiger partial charge on any atom is -0.240 e. The highest BCUT2D eigenvalue weighted by Gasteiger charge is 2.04. The minimum absolute atomic E-state index is 0.559. The molecule has 0 aromatic carbocycles. The van der Waals surface area contributed by atoms with Crippen LogP contribution in [0.2, 0.25) is 5.15 Å². The van der Waals surface area contributed by atoms with Crippen molar-refractivity contribution in [3.05, 3.63) is 20.7 Å². The highest BCUT2D eigenvalue weighted by Crippen LogP contribution is 2.18. The molecule has 0 bridgehead atoms. The lowest BCUT2D eigenvalue weighted by molar-refractivity contribution is 0.864. The van der Waals surface area contributed by atoms with E-state index in [1.54, 1.807) is 0 Å². The van der Waals surface area contributed by atoms with Gasteiger partial charge in [-0.2, -0.15) is 0 Å². The summed E-state index contributed by atoms with van der Waals surface area (Å²) in [4.78, 5) is 7.99. The average molecular weight is 283 g/mol. The highest BCUT2D eigenvalue weighted by atomic mass is 127. The third kappa shape index (κ3) is 2.27. The van der Waals surface area contributed by atoms with Crippen LogP contribution in [0, 0.1) is 3.57 Å². The summed E-state index contributed by atoms with van der Waals surface area (Å²) in [5.41, 5.74) is 1.05. The zero-order valence-electron chi connectivity index (χ0n) is 6.14. The van der Waals surface area contributed by atoms with E-state index in [0.717, 1.165) is 22.1 Å². The Morgan fingerprint density at radius 1 is 1.55 bits per heavy atom. The highest BCUT2D eigenvalue weighted by molar-refractivity contribution is 14.1. The average Bonchev–Trinajstić information content (AvgIpc) is 1.99. The van der Waals surface area contributed by atoms with Crippen molar-refractivity contribution in [1.82, 2.24) is 9.97 Å². The maximum atomic E-state index is 5.79. The maximum Gasteiger partial charge on any atom is 0.146 e. The van der Waals surface area contributed by atoms with Crippen LogP contribution in [0.15, 0.2) is 6.33 Å². The van der Waals surface area contributed by atoms with E-state index in [0.29, 0.717) is 5.15 Å². The second kappa shape index (κ2) is 4.21. The van der Waals surface area contributed by atoms with E-state index in [1.807, 2.05) is 0 Å². The van der Waals surface area contributed by atoms with E-state index in [-0.39, 0.29) is 0 Å². The molecule has 0 unspecified atom stereocenters. The normalized spacial score (nSPS) is 10.1. The molecule has 0 aliphatic heterocycles. The monoisotopic (exact) mass is 282 g/mol. The van der Waals surface area contributed by atoms with E-state index < -0.39 is 0 Å². The van der Waals surface area contributed by atoms with Crippen molar-refractivity contribution in [2.24, 2.45) is 0 Å². The Labute approximate surface area is 84.5 Å². The molecule has 1 aromatic heterocycles. The number of hydrogen-bond acceptors (Lipinski definition) is 2. The quantitative estimate of drug-likeness (QED) is 0.616. The van der Waals surface area contributed by atoms with Gasteiger partial charge in [-0.3, -0.25) is 0 Å². The van der Waals surface area contributed by atoms with Crippen LogP contribution in [0.4, 0.5) is 0 Å². The lowest BCUT2D eigenvalue weighted by Crippen LogP contribution is -1.95. The molecule has 0 saturated heterocycles. The molecule has 0 fully saturated rings. The summed E-state index contributed by atoms with van der Waals surface area (Å²) in [7, 11) is 0. The van der Waals surface area contributed by atoms with Gasteiger partial charge in [0.15, 0.2) is 0 Å². The van der Waals surface area contributed by atoms with Gasteiger partial charge in [-0.05, 0) is 29.0 Å². The fourth-order valence-corrected chi connectivity index (χ4v) is 1.49. The summed E-state index contributed by atoms with van der Waals surface area (Å²) >= 11 is 7.96. The zero-order valence-corrected chi connectivity index (χ0v) is 9.06. The standard InChI is InChI=1S/C7H8ClIN2/c1-2-3-5-6(9)7(8)11-4-10-5/h4H,2-3H2,1H3. The third-order valence-electron chi connectivity index (χ3n) is 1.31. The van der Waals surface area contributed by atoms with Gasteiger partial charge in [0.1, 0.15) is 11.5 Å². The first-order valence-electron chi connectivity index (χ1n) is 3.40. The van der Waals surface area contributed by atoms with Crippen molar-refractivity contribution in [3.63, 3.8) is 0 Å². The Balaban J connectivity index is 2.96. The van der Waals surface area contributed by atoms with Crippen molar-refractivity contribution < 1.29 is 0 Å². The van der Waals surface area contributed by atoms with Crippen molar-refractivity contribution in [2.75, 3.05) is 0 Å². The SMILES string of the molecule is CCCc1ncnc(Cl)c1I. The van der Waals surface area contributed by atoms with Crippen LogP contribution < -0.4 is 0 Å². The maximum absolute atomic E-state index is 5.79. The molecule has 11 heavy (non-hydrogen) atoms. The summed E-state index contributed by atoms with van der Waals surface area (Å²) < 4.78 is 0.980. The number of rotatable bonds is 2. The molecular formula is C7H8ClIN2. The summed E-state index contributed by atoms with van der Waals surface area (Å²) in [6.45, 7) is 2.12. The van der Waals surface area contributed by atoms with Crippen LogP contribution >= 0.6 is 34.2 Å². The van der Waals surface area contributed by atoms with Gasteiger partial charge >= 0.3 is 0 Å². The van der Waals surface area contributed by atoms with Crippen LogP contribution in [0.3, 0.4) is 0 Å². The van der Waals surface area contributed by atoms with Gasteiger partial charge in [0.25, 0.3) is 0 Å². The van der Waals surface area contributed by atoms with E-state index >= 15 is 0 Å². The van der Waals surface area contributed by atoms with Gasteiger partial charge < -0.3 is 0 Å². The lowest BCUT2D eigenvalue weighted by Gasteiger charge is -2.00. The summed E-state index contributed by atoms with van der Waals surface area (Å²) in [6, 6.07) is 0. The van der Waals surface area contributed by atoms with Gasteiger partial charge in [-0.15, -0.1) is 0 Å². The zero-order chi connectivity index (χ0) is 8.27. The molecule has 0 N–H and O–H groups in total. The largest absolute Gasteiger partial charge is 0.240 e. The van der Waals surface area contributed by atoms with Gasteiger partial charge in [0.05, 0.1) is 9.26 Å². The molecule has 0 amide bonds. The number of hydrogen-bond donors (Lipinski definition) is 0. The lowest BCUT2D eigenvalue weighted by atomic mass is 10.2. The molecular weight excluding hydrogens is 274 g/mol. The molecule has 0 saturated carbocycles. The molecule has 1 rings (SSSR count). The molecule has 1 heterocycles. The van der Waals surface area contributed by atoms with Crippen LogP contribution in [-0.2, 0) is 6.42 Å². The summed E-state index contributed by atoms with van der Waals surface area (Å²) in [6.07, 6.45) is 3.57. The van der Waals surface area contributed by atoms with Crippen molar-refractivity contribution >= 4 is 34.2 Å². The van der Waals surface area contributed by atoms with Crippen LogP contribution in [0.5, 0.6) is 0 Å². The van der Waals surface area contributed by atoms with Crippen molar-refractivity contribution in [3.8, 4) is 0 Å². The second-order valence-electron chi connectivity index (χ2n) is 2.18. The number of halogens is 2. The second-order valence-corrected chi connectivity index (χ2v) is 3.61. The van der Waals surface area contributed by atoms with Gasteiger partial charge in [-0.1, -0.05) is 24.9 Å². The third-order valence-corrected chi connectivity index (χ3v) is 3.04.